The van der Waals surface area contributed by atoms with Gasteiger partial charge in [-0.2, -0.15) is 0 Å². The maximum absolute atomic E-state index is 12.9. The van der Waals surface area contributed by atoms with E-state index >= 15 is 0 Å². The van der Waals surface area contributed by atoms with Gasteiger partial charge in [-0.05, 0) is 17.7 Å². The summed E-state index contributed by atoms with van der Waals surface area (Å²) in [4.78, 5) is 14.6. The van der Waals surface area contributed by atoms with E-state index in [1.54, 1.807) is 0 Å². The lowest BCUT2D eigenvalue weighted by atomic mass is 10.2. The first-order valence-electron chi connectivity index (χ1n) is 4.93. The molecule has 0 aliphatic carbocycles. The van der Waals surface area contributed by atoms with Crippen LogP contribution >= 0.6 is 11.3 Å². The van der Waals surface area contributed by atoms with Crippen LogP contribution in [0.15, 0.2) is 24.4 Å². The number of thiazole rings is 1. The van der Waals surface area contributed by atoms with Gasteiger partial charge in [0, 0.05) is 6.54 Å². The molecule has 0 aliphatic rings. The second kappa shape index (κ2) is 5.09. The first-order valence-corrected chi connectivity index (χ1v) is 5.75. The van der Waals surface area contributed by atoms with Crippen molar-refractivity contribution in [1.82, 2.24) is 4.98 Å². The van der Waals surface area contributed by atoms with Gasteiger partial charge in [-0.1, -0.05) is 17.4 Å². The molecule has 0 radical (unpaired) electrons. The van der Waals surface area contributed by atoms with Gasteiger partial charge in [-0.25, -0.2) is 18.6 Å². The number of anilines is 1. The quantitative estimate of drug-likeness (QED) is 0.896. The lowest BCUT2D eigenvalue weighted by Crippen LogP contribution is -1.99. The van der Waals surface area contributed by atoms with Crippen LogP contribution < -0.4 is 5.32 Å². The molecule has 0 aliphatic heterocycles. The second-order valence-electron chi connectivity index (χ2n) is 3.44. The Balaban J connectivity index is 2.02. The molecule has 0 fully saturated rings. The number of nitrogens with zero attached hydrogens (tertiary/aromatic N) is 1. The van der Waals surface area contributed by atoms with E-state index in [9.17, 15) is 13.6 Å². The van der Waals surface area contributed by atoms with Gasteiger partial charge >= 0.3 is 5.97 Å². The van der Waals surface area contributed by atoms with E-state index < -0.39 is 17.6 Å². The highest BCUT2D eigenvalue weighted by Gasteiger charge is 2.08. The van der Waals surface area contributed by atoms with Gasteiger partial charge in [0.05, 0.1) is 6.20 Å². The topological polar surface area (TPSA) is 62.2 Å². The van der Waals surface area contributed by atoms with Gasteiger partial charge in [-0.3, -0.25) is 0 Å². The number of rotatable bonds is 4. The van der Waals surface area contributed by atoms with Crippen LogP contribution in [0.4, 0.5) is 13.9 Å². The number of aromatic nitrogens is 1. The zero-order chi connectivity index (χ0) is 13.1. The molecule has 0 unspecified atom stereocenters. The smallest absolute Gasteiger partial charge is 0.347 e. The summed E-state index contributed by atoms with van der Waals surface area (Å²) in [6.45, 7) is 0.240. The van der Waals surface area contributed by atoms with Crippen LogP contribution in [0, 0.1) is 11.6 Å². The van der Waals surface area contributed by atoms with E-state index in [-0.39, 0.29) is 11.4 Å². The number of aromatic carboxylic acids is 1. The molecule has 0 saturated carbocycles. The van der Waals surface area contributed by atoms with Gasteiger partial charge in [0.15, 0.2) is 16.8 Å². The fraction of sp³-hybridized carbons (Fsp3) is 0.0909. The van der Waals surface area contributed by atoms with Gasteiger partial charge in [-0.15, -0.1) is 0 Å². The average molecular weight is 270 g/mol. The fourth-order valence-corrected chi connectivity index (χ4v) is 1.93. The van der Waals surface area contributed by atoms with Gasteiger partial charge in [0.1, 0.15) is 4.88 Å². The number of benzene rings is 1. The molecule has 0 bridgehead atoms. The summed E-state index contributed by atoms with van der Waals surface area (Å²) in [5.74, 6) is -2.87. The number of carboxylic acids is 1. The Morgan fingerprint density at radius 1 is 1.39 bits per heavy atom. The van der Waals surface area contributed by atoms with E-state index in [2.05, 4.69) is 10.3 Å². The van der Waals surface area contributed by atoms with Crippen molar-refractivity contribution in [3.63, 3.8) is 0 Å². The zero-order valence-electron chi connectivity index (χ0n) is 8.98. The summed E-state index contributed by atoms with van der Waals surface area (Å²) in [6, 6.07) is 3.56. The lowest BCUT2D eigenvalue weighted by molar-refractivity contribution is 0.0702. The molecule has 2 N–H and O–H groups in total. The molecule has 2 rings (SSSR count). The largest absolute Gasteiger partial charge is 0.477 e. The first kappa shape index (κ1) is 12.4. The van der Waals surface area contributed by atoms with Crippen molar-refractivity contribution < 1.29 is 18.7 Å². The van der Waals surface area contributed by atoms with Crippen LogP contribution in [0.2, 0.25) is 0 Å². The van der Waals surface area contributed by atoms with Crippen molar-refractivity contribution in [2.45, 2.75) is 6.54 Å². The lowest BCUT2D eigenvalue weighted by Gasteiger charge is -2.03. The van der Waals surface area contributed by atoms with Gasteiger partial charge in [0.25, 0.3) is 0 Å². The Morgan fingerprint density at radius 2 is 2.17 bits per heavy atom. The monoisotopic (exact) mass is 270 g/mol. The van der Waals surface area contributed by atoms with Crippen molar-refractivity contribution in [2.24, 2.45) is 0 Å². The second-order valence-corrected chi connectivity index (χ2v) is 4.47. The summed E-state index contributed by atoms with van der Waals surface area (Å²) in [5.41, 5.74) is 0.543. The van der Waals surface area contributed by atoms with E-state index in [0.717, 1.165) is 23.5 Å². The van der Waals surface area contributed by atoms with Crippen LogP contribution in [0.1, 0.15) is 15.2 Å². The van der Waals surface area contributed by atoms with Crippen molar-refractivity contribution >= 4 is 22.4 Å². The zero-order valence-corrected chi connectivity index (χ0v) is 9.80. The predicted octanol–water partition coefficient (Wildman–Crippen LogP) is 2.73. The standard InChI is InChI=1S/C11H8F2N2O2S/c12-7-2-1-6(3-8(7)13)4-14-11-15-5-9(18-11)10(16)17/h1-3,5H,4H2,(H,14,15)(H,16,17). The summed E-state index contributed by atoms with van der Waals surface area (Å²) >= 11 is 0.978. The van der Waals surface area contributed by atoms with E-state index in [1.807, 2.05) is 0 Å². The Labute approximate surface area is 105 Å². The number of carboxylic acid groups (broad SMARTS) is 1. The summed E-state index contributed by atoms with van der Waals surface area (Å²) in [7, 11) is 0. The van der Waals surface area contributed by atoms with Crippen LogP contribution in [0.25, 0.3) is 0 Å². The van der Waals surface area contributed by atoms with Crippen LogP contribution in [0.3, 0.4) is 0 Å². The summed E-state index contributed by atoms with van der Waals surface area (Å²) in [6.07, 6.45) is 1.24. The molecule has 18 heavy (non-hydrogen) atoms. The normalized spacial score (nSPS) is 10.3. The Morgan fingerprint density at radius 3 is 2.78 bits per heavy atom. The number of hydrogen-bond donors (Lipinski definition) is 2. The van der Waals surface area contributed by atoms with Crippen LogP contribution in [-0.2, 0) is 6.54 Å². The molecule has 1 aromatic heterocycles. The molecule has 0 saturated heterocycles. The highest BCUT2D eigenvalue weighted by Crippen LogP contribution is 2.19. The number of halogens is 2. The van der Waals surface area contributed by atoms with Crippen LogP contribution in [-0.4, -0.2) is 16.1 Å². The van der Waals surface area contributed by atoms with Crippen molar-refractivity contribution in [3.05, 3.63) is 46.5 Å². The number of hydrogen-bond acceptors (Lipinski definition) is 4. The average Bonchev–Trinajstić information content (AvgIpc) is 2.79. The molecule has 2 aromatic rings. The molecule has 7 heteroatoms. The third-order valence-corrected chi connectivity index (χ3v) is 3.09. The molecule has 0 spiro atoms. The first-order chi connectivity index (χ1) is 8.56. The molecule has 0 atom stereocenters. The Hall–Kier alpha value is -2.02. The molecule has 94 valence electrons. The van der Waals surface area contributed by atoms with Crippen molar-refractivity contribution in [1.29, 1.82) is 0 Å². The summed E-state index contributed by atoms with van der Waals surface area (Å²) in [5, 5.41) is 12.0. The van der Waals surface area contributed by atoms with E-state index in [1.165, 1.54) is 12.3 Å². The molecule has 0 amide bonds. The SMILES string of the molecule is O=C(O)c1cnc(NCc2ccc(F)c(F)c2)s1. The highest BCUT2D eigenvalue weighted by atomic mass is 32.1. The Kier molecular flexibility index (Phi) is 3.52. The summed E-state index contributed by atoms with van der Waals surface area (Å²) < 4.78 is 25.6. The van der Waals surface area contributed by atoms with Gasteiger partial charge < -0.3 is 10.4 Å². The molecule has 4 nitrogen and oxygen atoms in total. The van der Waals surface area contributed by atoms with Gasteiger partial charge in [0.2, 0.25) is 0 Å². The van der Waals surface area contributed by atoms with E-state index in [0.29, 0.717) is 10.7 Å². The maximum Gasteiger partial charge on any atom is 0.347 e. The Bertz CT molecular complexity index is 586. The molecular weight excluding hydrogens is 262 g/mol. The van der Waals surface area contributed by atoms with E-state index in [4.69, 9.17) is 5.11 Å². The number of carbonyl (C=O) groups is 1. The van der Waals surface area contributed by atoms with Crippen LogP contribution in [0.5, 0.6) is 0 Å². The predicted molar refractivity (Wildman–Crippen MR) is 62.8 cm³/mol. The fourth-order valence-electron chi connectivity index (χ4n) is 1.28. The minimum Gasteiger partial charge on any atom is -0.477 e. The molecule has 1 heterocycles. The number of nitrogens with one attached hydrogen (secondary N) is 1. The third-order valence-electron chi connectivity index (χ3n) is 2.14. The maximum atomic E-state index is 12.9. The molecular formula is C11H8F2N2O2S. The molecule has 1 aromatic carbocycles. The third kappa shape index (κ3) is 2.80. The highest BCUT2D eigenvalue weighted by molar-refractivity contribution is 7.17. The van der Waals surface area contributed by atoms with Crippen molar-refractivity contribution in [2.75, 3.05) is 5.32 Å². The minimum absolute atomic E-state index is 0.114. The minimum atomic E-state index is -1.05. The van der Waals surface area contributed by atoms with Crippen molar-refractivity contribution in [3.8, 4) is 0 Å².